The van der Waals surface area contributed by atoms with E-state index in [9.17, 15) is 4.39 Å². The van der Waals surface area contributed by atoms with Crippen LogP contribution in [0.5, 0.6) is 0 Å². The van der Waals surface area contributed by atoms with Crippen molar-refractivity contribution < 1.29 is 4.39 Å². The van der Waals surface area contributed by atoms with Crippen LogP contribution in [-0.2, 0) is 0 Å². The van der Waals surface area contributed by atoms with Crippen molar-refractivity contribution in [3.05, 3.63) is 28.7 Å². The van der Waals surface area contributed by atoms with E-state index in [1.807, 2.05) is 20.1 Å². The molecule has 4 nitrogen and oxygen atoms in total. The van der Waals surface area contributed by atoms with Crippen LogP contribution >= 0.6 is 27.9 Å². The Bertz CT molecular complexity index is 715. The monoisotopic (exact) mass is 428 g/mol. The fraction of sp³-hybridized carbons (Fsp3) is 0.556. The van der Waals surface area contributed by atoms with E-state index in [0.717, 1.165) is 37.3 Å². The van der Waals surface area contributed by atoms with Crippen molar-refractivity contribution in [2.45, 2.75) is 33.6 Å². The fourth-order valence-electron chi connectivity index (χ4n) is 3.18. The van der Waals surface area contributed by atoms with Crippen LogP contribution < -0.4 is 9.62 Å². The molecule has 0 spiro atoms. The van der Waals surface area contributed by atoms with Gasteiger partial charge in [-0.05, 0) is 46.5 Å². The third-order valence-corrected chi connectivity index (χ3v) is 5.42. The second-order valence-electron chi connectivity index (χ2n) is 6.34. The average molecular weight is 429 g/mol. The molecule has 3 rings (SSSR count). The number of benzene rings is 1. The maximum absolute atomic E-state index is 13.8. The van der Waals surface area contributed by atoms with Crippen molar-refractivity contribution >= 4 is 44.6 Å². The normalized spacial score (nSPS) is 20.3. The van der Waals surface area contributed by atoms with Gasteiger partial charge in [0.25, 0.3) is 0 Å². The molecular weight excluding hydrogens is 403 g/mol. The highest BCUT2D eigenvalue weighted by atomic mass is 79.9. The van der Waals surface area contributed by atoms with Gasteiger partial charge in [-0.25, -0.2) is 14.4 Å². The van der Waals surface area contributed by atoms with E-state index in [-0.39, 0.29) is 11.2 Å². The highest BCUT2D eigenvalue weighted by Gasteiger charge is 2.32. The van der Waals surface area contributed by atoms with Gasteiger partial charge in [-0.3, -0.25) is 4.72 Å². The van der Waals surface area contributed by atoms with Crippen LogP contribution in [0.4, 0.5) is 10.2 Å². The lowest BCUT2D eigenvalue weighted by molar-refractivity contribution is 0.265. The van der Waals surface area contributed by atoms with Gasteiger partial charge in [0, 0.05) is 31.1 Å². The number of halogens is 2. The van der Waals surface area contributed by atoms with E-state index >= 15 is 0 Å². The lowest BCUT2D eigenvalue weighted by Gasteiger charge is -2.41. The minimum Gasteiger partial charge on any atom is -0.355 e. The summed E-state index contributed by atoms with van der Waals surface area (Å²) in [6.07, 6.45) is 5.89. The molecule has 0 radical (unpaired) electrons. The number of hydrogen-bond donors (Lipinski definition) is 1. The zero-order valence-corrected chi connectivity index (χ0v) is 17.7. The lowest BCUT2D eigenvalue weighted by Crippen LogP contribution is -2.46. The van der Waals surface area contributed by atoms with E-state index in [1.54, 1.807) is 18.0 Å². The molecule has 1 unspecified atom stereocenters. The van der Waals surface area contributed by atoms with E-state index in [4.69, 9.17) is 0 Å². The third-order valence-electron chi connectivity index (χ3n) is 4.38. The van der Waals surface area contributed by atoms with Crippen molar-refractivity contribution in [2.75, 3.05) is 30.8 Å². The minimum atomic E-state index is -0.296. The van der Waals surface area contributed by atoms with Crippen LogP contribution in [0, 0.1) is 11.2 Å². The summed E-state index contributed by atoms with van der Waals surface area (Å²) in [4.78, 5) is 11.0. The number of anilines is 1. The Morgan fingerprint density at radius 3 is 2.84 bits per heavy atom. The Balaban J connectivity index is 0.00000109. The smallest absolute Gasteiger partial charge is 0.139 e. The maximum Gasteiger partial charge on any atom is 0.139 e. The molecule has 0 amide bonds. The van der Waals surface area contributed by atoms with Crippen molar-refractivity contribution in [3.8, 4) is 0 Å². The number of hydrogen-bond acceptors (Lipinski definition) is 5. The Hall–Kier alpha value is -0.920. The van der Waals surface area contributed by atoms with E-state index in [2.05, 4.69) is 42.4 Å². The van der Waals surface area contributed by atoms with Gasteiger partial charge < -0.3 is 4.90 Å². The molecule has 0 saturated carbocycles. The zero-order chi connectivity index (χ0) is 18.4. The molecule has 25 heavy (non-hydrogen) atoms. The molecule has 1 fully saturated rings. The van der Waals surface area contributed by atoms with Gasteiger partial charge in [-0.2, -0.15) is 0 Å². The summed E-state index contributed by atoms with van der Waals surface area (Å²) >= 11 is 4.92. The van der Waals surface area contributed by atoms with Gasteiger partial charge in [-0.1, -0.05) is 32.7 Å². The summed E-state index contributed by atoms with van der Waals surface area (Å²) in [7, 11) is 0. The number of nitrogens with zero attached hydrogens (tertiary/aromatic N) is 3. The number of piperidine rings is 1. The van der Waals surface area contributed by atoms with Gasteiger partial charge in [0.2, 0.25) is 0 Å². The van der Waals surface area contributed by atoms with Crippen LogP contribution in [0.25, 0.3) is 10.9 Å². The van der Waals surface area contributed by atoms with Gasteiger partial charge in [0.1, 0.15) is 18.0 Å². The molecule has 0 aliphatic carbocycles. The predicted molar refractivity (Wildman–Crippen MR) is 110 cm³/mol. The topological polar surface area (TPSA) is 41.0 Å². The minimum absolute atomic E-state index is 0.204. The molecule has 1 aliphatic rings. The second-order valence-corrected chi connectivity index (χ2v) is 7.89. The number of fused-ring (bicyclic) bond motifs is 1. The van der Waals surface area contributed by atoms with Gasteiger partial charge >= 0.3 is 0 Å². The van der Waals surface area contributed by atoms with Crippen molar-refractivity contribution in [3.63, 3.8) is 0 Å². The van der Waals surface area contributed by atoms with Gasteiger partial charge in [0.05, 0.1) is 9.99 Å². The molecule has 1 aromatic heterocycles. The van der Waals surface area contributed by atoms with Gasteiger partial charge in [0.15, 0.2) is 0 Å². The molecule has 1 saturated heterocycles. The summed E-state index contributed by atoms with van der Waals surface area (Å²) in [5.41, 5.74) is 0.848. The van der Waals surface area contributed by atoms with Crippen molar-refractivity contribution in [2.24, 2.45) is 5.41 Å². The van der Waals surface area contributed by atoms with Crippen LogP contribution in [-0.4, -0.2) is 35.9 Å². The zero-order valence-electron chi connectivity index (χ0n) is 15.3. The van der Waals surface area contributed by atoms with Crippen molar-refractivity contribution in [1.29, 1.82) is 0 Å². The molecular formula is C18H26BrFN4S. The molecule has 1 aliphatic heterocycles. The quantitative estimate of drug-likeness (QED) is 0.691. The SMILES string of the molecule is CC.CSNCC1(C)CCCN(c2ncnc3cc(F)c(Br)cc23)C1. The Morgan fingerprint density at radius 1 is 1.36 bits per heavy atom. The maximum atomic E-state index is 13.8. The van der Waals surface area contributed by atoms with Crippen LogP contribution in [0.15, 0.2) is 22.9 Å². The first-order valence-electron chi connectivity index (χ1n) is 8.63. The summed E-state index contributed by atoms with van der Waals surface area (Å²) in [6.45, 7) is 9.17. The highest BCUT2D eigenvalue weighted by Crippen LogP contribution is 2.35. The summed E-state index contributed by atoms with van der Waals surface area (Å²) in [5, 5.41) is 0.892. The van der Waals surface area contributed by atoms with Gasteiger partial charge in [-0.15, -0.1) is 0 Å². The first kappa shape index (κ1) is 20.4. The van der Waals surface area contributed by atoms with Crippen LogP contribution in [0.2, 0.25) is 0 Å². The molecule has 2 aromatic rings. The number of nitrogens with one attached hydrogen (secondary N) is 1. The average Bonchev–Trinajstić information content (AvgIpc) is 2.62. The molecule has 1 atom stereocenters. The number of rotatable bonds is 4. The second kappa shape index (κ2) is 9.14. The van der Waals surface area contributed by atoms with Crippen LogP contribution in [0.3, 0.4) is 0 Å². The van der Waals surface area contributed by atoms with E-state index < -0.39 is 0 Å². The lowest BCUT2D eigenvalue weighted by atomic mass is 9.82. The molecule has 0 bridgehead atoms. The molecule has 2 heterocycles. The Morgan fingerprint density at radius 2 is 2.12 bits per heavy atom. The Kier molecular flexibility index (Phi) is 7.46. The highest BCUT2D eigenvalue weighted by molar-refractivity contribution is 9.10. The fourth-order valence-corrected chi connectivity index (χ4v) is 4.01. The first-order valence-corrected chi connectivity index (χ1v) is 10.6. The first-order chi connectivity index (χ1) is 12.0. The standard InChI is InChI=1S/C16H20BrFN4S.C2H6/c1-16(8-21-23-2)4-3-5-22(9-16)15-11-6-12(17)13(18)7-14(11)19-10-20-15;1-2/h6-7,10,21H,3-5,8-9H2,1-2H3;1-2H3. The molecule has 1 N–H and O–H groups in total. The summed E-state index contributed by atoms with van der Waals surface area (Å²) in [5.74, 6) is 0.598. The van der Waals surface area contributed by atoms with E-state index in [0.29, 0.717) is 9.99 Å². The number of aromatic nitrogens is 2. The molecule has 1 aromatic carbocycles. The van der Waals surface area contributed by atoms with Crippen LogP contribution in [0.1, 0.15) is 33.6 Å². The summed E-state index contributed by atoms with van der Waals surface area (Å²) in [6, 6.07) is 3.25. The largest absolute Gasteiger partial charge is 0.355 e. The molecule has 7 heteroatoms. The van der Waals surface area contributed by atoms with Crippen molar-refractivity contribution in [1.82, 2.24) is 14.7 Å². The summed E-state index contributed by atoms with van der Waals surface area (Å²) < 4.78 is 17.6. The molecule has 138 valence electrons. The van der Waals surface area contributed by atoms with E-state index in [1.165, 1.54) is 18.8 Å². The third kappa shape index (κ3) is 4.83. The Labute approximate surface area is 162 Å². The predicted octanol–water partition coefficient (Wildman–Crippen LogP) is 5.03.